The van der Waals surface area contributed by atoms with E-state index in [2.05, 4.69) is 4.90 Å². The first kappa shape index (κ1) is 15.5. The van der Waals surface area contributed by atoms with E-state index in [-0.39, 0.29) is 11.7 Å². The molecule has 7 heteroatoms. The molecule has 1 aliphatic heterocycles. The Labute approximate surface area is 124 Å². The summed E-state index contributed by atoms with van der Waals surface area (Å²) in [6, 6.07) is 1.96. The van der Waals surface area contributed by atoms with Crippen molar-refractivity contribution in [1.29, 1.82) is 0 Å². The van der Waals surface area contributed by atoms with E-state index in [0.717, 1.165) is 23.5 Å². The van der Waals surface area contributed by atoms with Crippen molar-refractivity contribution >= 4 is 27.1 Å². The molecule has 2 heterocycles. The Morgan fingerprint density at radius 1 is 1.30 bits per heavy atom. The van der Waals surface area contributed by atoms with Crippen LogP contribution in [-0.4, -0.2) is 68.9 Å². The Morgan fingerprint density at radius 2 is 1.95 bits per heavy atom. The first-order valence-corrected chi connectivity index (χ1v) is 9.54. The zero-order valence-electron chi connectivity index (χ0n) is 11.8. The molecule has 0 radical (unpaired) electrons. The first-order chi connectivity index (χ1) is 9.37. The number of hydrogen-bond donors (Lipinski definition) is 0. The summed E-state index contributed by atoms with van der Waals surface area (Å²) >= 11 is 1.48. The molecule has 20 heavy (non-hydrogen) atoms. The number of amides is 1. The van der Waals surface area contributed by atoms with E-state index in [1.165, 1.54) is 17.6 Å². The molecule has 112 valence electrons. The average molecular weight is 316 g/mol. The predicted molar refractivity (Wildman–Crippen MR) is 81.1 cm³/mol. The average Bonchev–Trinajstić information content (AvgIpc) is 2.81. The molecule has 0 saturated carbocycles. The quantitative estimate of drug-likeness (QED) is 0.827. The van der Waals surface area contributed by atoms with Gasteiger partial charge >= 0.3 is 0 Å². The van der Waals surface area contributed by atoms with Crippen LogP contribution >= 0.6 is 11.3 Å². The van der Waals surface area contributed by atoms with E-state index in [1.54, 1.807) is 0 Å². The van der Waals surface area contributed by atoms with Crippen molar-refractivity contribution in [2.45, 2.75) is 6.92 Å². The normalized spacial score (nSPS) is 17.4. The van der Waals surface area contributed by atoms with Crippen LogP contribution < -0.4 is 0 Å². The van der Waals surface area contributed by atoms with Gasteiger partial charge in [0.25, 0.3) is 5.91 Å². The summed E-state index contributed by atoms with van der Waals surface area (Å²) < 4.78 is 22.3. The summed E-state index contributed by atoms with van der Waals surface area (Å²) in [6.07, 6.45) is 1.26. The zero-order chi connectivity index (χ0) is 14.8. The van der Waals surface area contributed by atoms with Gasteiger partial charge in [-0.15, -0.1) is 11.3 Å². The maximum atomic E-state index is 12.3. The second kappa shape index (κ2) is 6.24. The number of carbonyl (C=O) groups excluding carboxylic acids is 1. The molecule has 1 fully saturated rings. The van der Waals surface area contributed by atoms with Crippen molar-refractivity contribution in [3.8, 4) is 0 Å². The molecule has 2 rings (SSSR count). The maximum absolute atomic E-state index is 12.3. The fraction of sp³-hybridized carbons (Fsp3) is 0.615. The molecule has 5 nitrogen and oxygen atoms in total. The van der Waals surface area contributed by atoms with Crippen molar-refractivity contribution in [3.63, 3.8) is 0 Å². The van der Waals surface area contributed by atoms with Gasteiger partial charge in [0.1, 0.15) is 9.84 Å². The lowest BCUT2D eigenvalue weighted by Crippen LogP contribution is -2.49. The van der Waals surface area contributed by atoms with Crippen LogP contribution in [0.2, 0.25) is 0 Å². The SMILES string of the molecule is Cc1ccsc1C(=O)N1CCN(CCS(C)(=O)=O)CC1. The van der Waals surface area contributed by atoms with Crippen LogP contribution in [0.5, 0.6) is 0 Å². The van der Waals surface area contributed by atoms with Gasteiger partial charge < -0.3 is 4.90 Å². The van der Waals surface area contributed by atoms with Crippen LogP contribution in [0.3, 0.4) is 0 Å². The molecule has 0 atom stereocenters. The van der Waals surface area contributed by atoms with Crippen LogP contribution in [0.15, 0.2) is 11.4 Å². The number of rotatable bonds is 4. The number of sulfone groups is 1. The Balaban J connectivity index is 1.85. The fourth-order valence-corrected chi connectivity index (χ4v) is 3.69. The number of carbonyl (C=O) groups is 1. The van der Waals surface area contributed by atoms with Crippen LogP contribution in [-0.2, 0) is 9.84 Å². The molecule has 1 aromatic rings. The predicted octanol–water partition coefficient (Wildman–Crippen LogP) is 0.859. The van der Waals surface area contributed by atoms with Crippen LogP contribution in [0, 0.1) is 6.92 Å². The zero-order valence-corrected chi connectivity index (χ0v) is 13.5. The Bertz CT molecular complexity index is 572. The summed E-state index contributed by atoms with van der Waals surface area (Å²) in [4.78, 5) is 17.1. The molecule has 0 aromatic carbocycles. The summed E-state index contributed by atoms with van der Waals surface area (Å²) in [5, 5.41) is 1.94. The monoisotopic (exact) mass is 316 g/mol. The number of aryl methyl sites for hydroxylation is 1. The number of thiophene rings is 1. The van der Waals surface area contributed by atoms with Gasteiger partial charge in [-0.3, -0.25) is 9.69 Å². The Morgan fingerprint density at radius 3 is 2.45 bits per heavy atom. The van der Waals surface area contributed by atoms with E-state index in [0.29, 0.717) is 19.6 Å². The lowest BCUT2D eigenvalue weighted by atomic mass is 10.2. The van der Waals surface area contributed by atoms with Gasteiger partial charge in [-0.25, -0.2) is 8.42 Å². The molecular formula is C13H20N2O3S2. The minimum absolute atomic E-state index is 0.0975. The highest BCUT2D eigenvalue weighted by atomic mass is 32.2. The summed E-state index contributed by atoms with van der Waals surface area (Å²) in [7, 11) is -2.91. The molecule has 0 aliphatic carbocycles. The molecule has 1 aliphatic rings. The summed E-state index contributed by atoms with van der Waals surface area (Å²) in [5.41, 5.74) is 1.03. The Hall–Kier alpha value is -0.920. The van der Waals surface area contributed by atoms with Gasteiger partial charge in [0.15, 0.2) is 0 Å². The molecule has 0 N–H and O–H groups in total. The van der Waals surface area contributed by atoms with E-state index in [9.17, 15) is 13.2 Å². The second-order valence-electron chi connectivity index (χ2n) is 5.20. The minimum atomic E-state index is -2.91. The van der Waals surface area contributed by atoms with Gasteiger partial charge in [-0.1, -0.05) is 0 Å². The largest absolute Gasteiger partial charge is 0.335 e. The number of nitrogens with zero attached hydrogens (tertiary/aromatic N) is 2. The van der Waals surface area contributed by atoms with E-state index >= 15 is 0 Å². The molecule has 0 unspecified atom stereocenters. The Kier molecular flexibility index (Phi) is 4.82. The lowest BCUT2D eigenvalue weighted by Gasteiger charge is -2.34. The van der Waals surface area contributed by atoms with Crippen LogP contribution in [0.25, 0.3) is 0 Å². The highest BCUT2D eigenvalue weighted by Gasteiger charge is 2.24. The second-order valence-corrected chi connectivity index (χ2v) is 8.37. The summed E-state index contributed by atoms with van der Waals surface area (Å²) in [6.45, 7) is 5.32. The highest BCUT2D eigenvalue weighted by Crippen LogP contribution is 2.18. The topological polar surface area (TPSA) is 57.7 Å². The molecule has 1 amide bonds. The van der Waals surface area contributed by atoms with E-state index in [4.69, 9.17) is 0 Å². The lowest BCUT2D eigenvalue weighted by molar-refractivity contribution is 0.0648. The van der Waals surface area contributed by atoms with Crippen molar-refractivity contribution in [2.75, 3.05) is 44.7 Å². The smallest absolute Gasteiger partial charge is 0.264 e. The standard InChI is InChI=1S/C13H20N2O3S2/c1-11-3-9-19-12(11)13(16)15-6-4-14(5-7-15)8-10-20(2,17)18/h3,9H,4-8,10H2,1-2H3. The van der Waals surface area contributed by atoms with Crippen molar-refractivity contribution < 1.29 is 13.2 Å². The van der Waals surface area contributed by atoms with Crippen molar-refractivity contribution in [1.82, 2.24) is 9.80 Å². The third kappa shape index (κ3) is 4.04. The number of piperazine rings is 1. The van der Waals surface area contributed by atoms with Gasteiger partial charge in [0.05, 0.1) is 10.6 Å². The van der Waals surface area contributed by atoms with E-state index in [1.807, 2.05) is 23.3 Å². The third-order valence-electron chi connectivity index (χ3n) is 3.49. The third-order valence-corrected chi connectivity index (χ3v) is 5.42. The van der Waals surface area contributed by atoms with Crippen molar-refractivity contribution in [2.24, 2.45) is 0 Å². The summed E-state index contributed by atoms with van der Waals surface area (Å²) in [5.74, 6) is 0.283. The molecule has 0 spiro atoms. The van der Waals surface area contributed by atoms with Gasteiger partial charge in [0.2, 0.25) is 0 Å². The highest BCUT2D eigenvalue weighted by molar-refractivity contribution is 7.90. The van der Waals surface area contributed by atoms with Crippen molar-refractivity contribution in [3.05, 3.63) is 21.9 Å². The molecule has 1 saturated heterocycles. The first-order valence-electron chi connectivity index (χ1n) is 6.60. The van der Waals surface area contributed by atoms with E-state index < -0.39 is 9.84 Å². The minimum Gasteiger partial charge on any atom is -0.335 e. The molecule has 1 aromatic heterocycles. The molecular weight excluding hydrogens is 296 g/mol. The fourth-order valence-electron chi connectivity index (χ4n) is 2.20. The molecule has 0 bridgehead atoms. The van der Waals surface area contributed by atoms with Gasteiger partial charge in [-0.2, -0.15) is 0 Å². The van der Waals surface area contributed by atoms with Gasteiger partial charge in [0, 0.05) is 39.0 Å². The van der Waals surface area contributed by atoms with Gasteiger partial charge in [-0.05, 0) is 23.9 Å². The van der Waals surface area contributed by atoms with Crippen LogP contribution in [0.1, 0.15) is 15.2 Å². The van der Waals surface area contributed by atoms with Crippen LogP contribution in [0.4, 0.5) is 0 Å². The number of hydrogen-bond acceptors (Lipinski definition) is 5. The maximum Gasteiger partial charge on any atom is 0.264 e.